The Morgan fingerprint density at radius 2 is 2.07 bits per heavy atom. The molecule has 1 aromatic carbocycles. The Morgan fingerprint density at radius 3 is 2.66 bits per heavy atom. The molecular formula is C18H18ClF3N2O4S. The monoisotopic (exact) mass is 450 g/mol. The fourth-order valence-electron chi connectivity index (χ4n) is 3.21. The van der Waals surface area contributed by atoms with E-state index in [0.717, 1.165) is 12.1 Å². The van der Waals surface area contributed by atoms with Crippen molar-refractivity contribution in [1.82, 2.24) is 4.90 Å². The van der Waals surface area contributed by atoms with Crippen LogP contribution in [0, 0.1) is 0 Å². The molecule has 1 saturated heterocycles. The smallest absolute Gasteiger partial charge is 0.418 e. The topological polar surface area (TPSA) is 79.6 Å². The molecule has 1 aliphatic heterocycles. The maximum atomic E-state index is 13.2. The summed E-state index contributed by atoms with van der Waals surface area (Å²) < 4.78 is 68.6. The van der Waals surface area contributed by atoms with Crippen molar-refractivity contribution in [2.75, 3.05) is 23.4 Å². The van der Waals surface area contributed by atoms with E-state index in [4.69, 9.17) is 16.0 Å². The Hall–Kier alpha value is -2.04. The molecular weight excluding hydrogens is 433 g/mol. The first kappa shape index (κ1) is 21.7. The van der Waals surface area contributed by atoms with Crippen LogP contribution in [0.1, 0.15) is 17.7 Å². The van der Waals surface area contributed by atoms with E-state index in [1.54, 1.807) is 17.0 Å². The molecule has 1 atom stereocenters. The average molecular weight is 451 g/mol. The molecule has 0 saturated carbocycles. The van der Waals surface area contributed by atoms with Crippen molar-refractivity contribution in [3.05, 3.63) is 52.9 Å². The molecule has 0 bridgehead atoms. The lowest BCUT2D eigenvalue weighted by atomic mass is 10.1. The van der Waals surface area contributed by atoms with Gasteiger partial charge in [0, 0.05) is 11.1 Å². The Bertz CT molecular complexity index is 977. The lowest BCUT2D eigenvalue weighted by Gasteiger charge is -2.26. The van der Waals surface area contributed by atoms with E-state index < -0.39 is 39.2 Å². The number of alkyl halides is 3. The van der Waals surface area contributed by atoms with Crippen LogP contribution >= 0.6 is 11.6 Å². The number of amides is 1. The van der Waals surface area contributed by atoms with Crippen LogP contribution in [0.15, 0.2) is 41.0 Å². The number of benzene rings is 1. The van der Waals surface area contributed by atoms with Gasteiger partial charge < -0.3 is 9.73 Å². The van der Waals surface area contributed by atoms with Crippen molar-refractivity contribution in [2.24, 2.45) is 0 Å². The van der Waals surface area contributed by atoms with Crippen LogP contribution in [-0.4, -0.2) is 43.3 Å². The lowest BCUT2D eigenvalue weighted by Crippen LogP contribution is -2.41. The van der Waals surface area contributed by atoms with Gasteiger partial charge in [0.1, 0.15) is 5.76 Å². The minimum absolute atomic E-state index is 0.00332. The molecule has 1 amide bonds. The first-order chi connectivity index (χ1) is 13.5. The van der Waals surface area contributed by atoms with Crippen molar-refractivity contribution < 1.29 is 30.8 Å². The second-order valence-electron chi connectivity index (χ2n) is 6.78. The number of halogens is 4. The summed E-state index contributed by atoms with van der Waals surface area (Å²) in [5.74, 6) is -0.294. The second-order valence-corrected chi connectivity index (χ2v) is 9.44. The van der Waals surface area contributed by atoms with E-state index in [1.165, 1.54) is 12.3 Å². The molecule has 1 N–H and O–H groups in total. The summed E-state index contributed by atoms with van der Waals surface area (Å²) in [5.41, 5.74) is -1.47. The van der Waals surface area contributed by atoms with Crippen LogP contribution in [0.3, 0.4) is 0 Å². The molecule has 3 rings (SSSR count). The third kappa shape index (κ3) is 5.74. The number of nitrogens with one attached hydrogen (secondary N) is 1. The third-order valence-corrected chi connectivity index (χ3v) is 6.56. The molecule has 1 aromatic heterocycles. The molecule has 0 unspecified atom stereocenters. The number of sulfone groups is 1. The molecule has 6 nitrogen and oxygen atoms in total. The summed E-state index contributed by atoms with van der Waals surface area (Å²) in [6, 6.07) is 5.97. The molecule has 2 aromatic rings. The van der Waals surface area contributed by atoms with Crippen LogP contribution in [0.5, 0.6) is 0 Å². The van der Waals surface area contributed by atoms with E-state index >= 15 is 0 Å². The molecule has 1 fully saturated rings. The number of nitrogens with zero attached hydrogens (tertiary/aromatic N) is 1. The van der Waals surface area contributed by atoms with Gasteiger partial charge in [-0.25, -0.2) is 8.42 Å². The maximum absolute atomic E-state index is 13.2. The zero-order valence-electron chi connectivity index (χ0n) is 15.1. The molecule has 158 valence electrons. The van der Waals surface area contributed by atoms with Crippen LogP contribution < -0.4 is 5.32 Å². The van der Waals surface area contributed by atoms with Crippen molar-refractivity contribution >= 4 is 33.0 Å². The maximum Gasteiger partial charge on any atom is 0.418 e. The minimum atomic E-state index is -4.69. The number of carbonyl (C=O) groups excluding carboxylic acids is 1. The molecule has 11 heteroatoms. The number of hydrogen-bond donors (Lipinski definition) is 1. The van der Waals surface area contributed by atoms with Gasteiger partial charge in [0.2, 0.25) is 5.91 Å². The highest BCUT2D eigenvalue weighted by atomic mass is 35.5. The first-order valence-electron chi connectivity index (χ1n) is 8.67. The summed E-state index contributed by atoms with van der Waals surface area (Å²) in [6.45, 7) is -0.131. The van der Waals surface area contributed by atoms with Crippen LogP contribution in [0.4, 0.5) is 18.9 Å². The van der Waals surface area contributed by atoms with Crippen LogP contribution in [0.25, 0.3) is 0 Å². The predicted molar refractivity (Wildman–Crippen MR) is 101 cm³/mol. The number of carbonyl (C=O) groups is 1. The van der Waals surface area contributed by atoms with Gasteiger partial charge in [0.15, 0.2) is 9.84 Å². The molecule has 29 heavy (non-hydrogen) atoms. The van der Waals surface area contributed by atoms with Crippen LogP contribution in [0.2, 0.25) is 5.02 Å². The van der Waals surface area contributed by atoms with Crippen molar-refractivity contribution in [3.8, 4) is 0 Å². The summed E-state index contributed by atoms with van der Waals surface area (Å²) in [5, 5.41) is 2.15. The highest BCUT2D eigenvalue weighted by molar-refractivity contribution is 7.91. The number of rotatable bonds is 6. The predicted octanol–water partition coefficient (Wildman–Crippen LogP) is 3.58. The average Bonchev–Trinajstić information content (AvgIpc) is 3.24. The Labute approximate surface area is 170 Å². The zero-order chi connectivity index (χ0) is 21.2. The van der Waals surface area contributed by atoms with Crippen molar-refractivity contribution in [1.29, 1.82) is 0 Å². The van der Waals surface area contributed by atoms with Gasteiger partial charge in [0.25, 0.3) is 0 Å². The third-order valence-electron chi connectivity index (χ3n) is 4.57. The van der Waals surface area contributed by atoms with Gasteiger partial charge in [0.05, 0.1) is 42.1 Å². The Kier molecular flexibility index (Phi) is 6.25. The fourth-order valence-corrected chi connectivity index (χ4v) is 5.15. The summed E-state index contributed by atoms with van der Waals surface area (Å²) in [4.78, 5) is 14.1. The molecule has 0 aliphatic carbocycles. The standard InChI is InChI=1S/C18H18ClF3N2O4S/c19-12-3-4-16(15(8-12)18(20,21)22)23-17(25)10-24(9-14-2-1-6-28-14)13-5-7-29(26,27)11-13/h1-4,6,8,13H,5,7,9-11H2,(H,23,25)/t13-/m1/s1. The molecule has 2 heterocycles. The normalized spacial score (nSPS) is 18.9. The lowest BCUT2D eigenvalue weighted by molar-refractivity contribution is -0.137. The van der Waals surface area contributed by atoms with Gasteiger partial charge in [-0.1, -0.05) is 11.6 Å². The quantitative estimate of drug-likeness (QED) is 0.727. The van der Waals surface area contributed by atoms with Gasteiger partial charge in [-0.15, -0.1) is 0 Å². The van der Waals surface area contributed by atoms with Gasteiger partial charge in [-0.2, -0.15) is 13.2 Å². The Morgan fingerprint density at radius 1 is 1.31 bits per heavy atom. The van der Waals surface area contributed by atoms with Gasteiger partial charge >= 0.3 is 6.18 Å². The van der Waals surface area contributed by atoms with Crippen molar-refractivity contribution in [3.63, 3.8) is 0 Å². The van der Waals surface area contributed by atoms with E-state index in [1.807, 2.05) is 0 Å². The second kappa shape index (κ2) is 8.37. The van der Waals surface area contributed by atoms with Gasteiger partial charge in [-0.05, 0) is 36.8 Å². The molecule has 0 radical (unpaired) electrons. The summed E-state index contributed by atoms with van der Waals surface area (Å²) in [7, 11) is -3.21. The first-order valence-corrected chi connectivity index (χ1v) is 10.9. The number of furan rings is 1. The summed E-state index contributed by atoms with van der Waals surface area (Å²) >= 11 is 5.65. The highest BCUT2D eigenvalue weighted by Gasteiger charge is 2.36. The SMILES string of the molecule is O=C(CN(Cc1ccco1)[C@@H]1CCS(=O)(=O)C1)Nc1ccc(Cl)cc1C(F)(F)F. The van der Waals surface area contributed by atoms with E-state index in [0.29, 0.717) is 12.2 Å². The van der Waals surface area contributed by atoms with E-state index in [9.17, 15) is 26.4 Å². The Balaban J connectivity index is 1.77. The fraction of sp³-hybridized carbons (Fsp3) is 0.389. The molecule has 0 spiro atoms. The van der Waals surface area contributed by atoms with Crippen LogP contribution in [-0.2, 0) is 27.4 Å². The zero-order valence-corrected chi connectivity index (χ0v) is 16.6. The van der Waals surface area contributed by atoms with Gasteiger partial charge in [-0.3, -0.25) is 9.69 Å². The number of anilines is 1. The highest BCUT2D eigenvalue weighted by Crippen LogP contribution is 2.36. The minimum Gasteiger partial charge on any atom is -0.468 e. The van der Waals surface area contributed by atoms with Crippen molar-refractivity contribution in [2.45, 2.75) is 25.2 Å². The van der Waals surface area contributed by atoms with E-state index in [-0.39, 0.29) is 29.6 Å². The van der Waals surface area contributed by atoms with E-state index in [2.05, 4.69) is 5.32 Å². The summed E-state index contributed by atoms with van der Waals surface area (Å²) in [6.07, 6.45) is -2.91. The molecule has 1 aliphatic rings. The number of hydrogen-bond acceptors (Lipinski definition) is 5. The largest absolute Gasteiger partial charge is 0.468 e.